The van der Waals surface area contributed by atoms with E-state index in [2.05, 4.69) is 11.5 Å². The van der Waals surface area contributed by atoms with Crippen molar-refractivity contribution in [2.45, 2.75) is 6.10 Å². The Labute approximate surface area is 107 Å². The summed E-state index contributed by atoms with van der Waals surface area (Å²) in [6.07, 6.45) is 0.325. The minimum Gasteiger partial charge on any atom is -0.378 e. The van der Waals surface area contributed by atoms with Gasteiger partial charge >= 0.3 is 0 Å². The average molecular weight is 253 g/mol. The van der Waals surface area contributed by atoms with E-state index in [9.17, 15) is 0 Å². The lowest BCUT2D eigenvalue weighted by Gasteiger charge is -2.43. The van der Waals surface area contributed by atoms with Crippen molar-refractivity contribution in [3.05, 3.63) is 41.7 Å². The van der Waals surface area contributed by atoms with Crippen LogP contribution in [0.3, 0.4) is 0 Å². The monoisotopic (exact) mass is 252 g/mol. The van der Waals surface area contributed by atoms with Gasteiger partial charge in [0, 0.05) is 27.2 Å². The van der Waals surface area contributed by atoms with Crippen LogP contribution in [0.2, 0.25) is 5.02 Å². The normalized spacial score (nSPS) is 15.6. The lowest BCUT2D eigenvalue weighted by Crippen LogP contribution is -2.53. The molecule has 0 spiro atoms. The fourth-order valence-corrected chi connectivity index (χ4v) is 2.14. The van der Waals surface area contributed by atoms with Crippen molar-refractivity contribution in [3.8, 4) is 0 Å². The molecule has 0 aliphatic carbocycles. The highest BCUT2D eigenvalue weighted by Gasteiger charge is 2.29. The maximum absolute atomic E-state index is 6.16. The number of anilines is 1. The van der Waals surface area contributed by atoms with Gasteiger partial charge in [0.1, 0.15) is 5.82 Å². The van der Waals surface area contributed by atoms with Gasteiger partial charge in [0.2, 0.25) is 0 Å². The van der Waals surface area contributed by atoms with Gasteiger partial charge in [0.05, 0.1) is 16.8 Å². The molecule has 0 saturated carbocycles. The maximum Gasteiger partial charge on any atom is 0.101 e. The lowest BCUT2D eigenvalue weighted by molar-refractivity contribution is -0.0121. The van der Waals surface area contributed by atoms with E-state index in [-0.39, 0.29) is 0 Å². The van der Waals surface area contributed by atoms with E-state index in [1.165, 1.54) is 0 Å². The molecule has 4 heteroatoms. The average Bonchev–Trinajstić information content (AvgIpc) is 2.27. The summed E-state index contributed by atoms with van der Waals surface area (Å²) in [4.78, 5) is 4.19. The molecule has 3 nitrogen and oxygen atoms in total. The highest BCUT2D eigenvalue weighted by molar-refractivity contribution is 6.33. The molecule has 1 aliphatic rings. The van der Waals surface area contributed by atoms with Gasteiger partial charge in [-0.15, -0.1) is 0 Å². The number of likely N-dealkylation sites (tertiary alicyclic amines) is 1. The predicted octanol–water partition coefficient (Wildman–Crippen LogP) is 2.58. The molecule has 0 N–H and O–H groups in total. The van der Waals surface area contributed by atoms with Crippen LogP contribution < -0.4 is 4.90 Å². The number of nitrogens with zero attached hydrogens (tertiary/aromatic N) is 2. The van der Waals surface area contributed by atoms with E-state index >= 15 is 0 Å². The summed E-state index contributed by atoms with van der Waals surface area (Å²) in [5, 5.41) is 0.736. The van der Waals surface area contributed by atoms with Gasteiger partial charge in [0.25, 0.3) is 0 Å². The van der Waals surface area contributed by atoms with Crippen molar-refractivity contribution in [2.75, 3.05) is 32.1 Å². The van der Waals surface area contributed by atoms with Gasteiger partial charge in [-0.2, -0.15) is 0 Å². The van der Waals surface area contributed by atoms with E-state index < -0.39 is 0 Å². The van der Waals surface area contributed by atoms with Crippen LogP contribution >= 0.6 is 11.6 Å². The molecular weight excluding hydrogens is 236 g/mol. The predicted molar refractivity (Wildman–Crippen MR) is 71.4 cm³/mol. The van der Waals surface area contributed by atoms with Gasteiger partial charge in [-0.1, -0.05) is 30.3 Å². The molecule has 1 aromatic carbocycles. The van der Waals surface area contributed by atoms with Crippen LogP contribution in [-0.4, -0.2) is 38.3 Å². The Hall–Kier alpha value is -1.19. The standard InChI is InChI=1S/C13H17ClN2O/c1-10(16-8-11(9-16)17-3)15(2)13-7-5-4-6-12(13)14/h4-7,11H,1,8-9H2,2-3H3. The van der Waals surface area contributed by atoms with Crippen LogP contribution in [0.5, 0.6) is 0 Å². The second-order valence-electron chi connectivity index (χ2n) is 4.19. The summed E-state index contributed by atoms with van der Waals surface area (Å²) in [7, 11) is 3.71. The second kappa shape index (κ2) is 4.98. The van der Waals surface area contributed by atoms with Crippen molar-refractivity contribution < 1.29 is 4.74 Å². The lowest BCUT2D eigenvalue weighted by atomic mass is 10.1. The summed E-state index contributed by atoms with van der Waals surface area (Å²) in [6, 6.07) is 7.77. The zero-order chi connectivity index (χ0) is 12.4. The third kappa shape index (κ3) is 2.40. The molecule has 1 saturated heterocycles. The molecule has 0 bridgehead atoms. The molecule has 0 radical (unpaired) electrons. The summed E-state index contributed by atoms with van der Waals surface area (Å²) < 4.78 is 5.25. The van der Waals surface area contributed by atoms with E-state index in [0.29, 0.717) is 6.10 Å². The number of hydrogen-bond acceptors (Lipinski definition) is 3. The van der Waals surface area contributed by atoms with Crippen LogP contribution in [0.25, 0.3) is 0 Å². The Kier molecular flexibility index (Phi) is 3.60. The zero-order valence-electron chi connectivity index (χ0n) is 10.2. The number of methoxy groups -OCH3 is 1. The van der Waals surface area contributed by atoms with E-state index in [1.54, 1.807) is 7.11 Å². The number of ether oxygens (including phenoxy) is 1. The molecule has 92 valence electrons. The Bertz CT molecular complexity index is 416. The molecule has 1 heterocycles. The first-order valence-corrected chi connectivity index (χ1v) is 5.96. The maximum atomic E-state index is 6.16. The molecule has 0 amide bonds. The topological polar surface area (TPSA) is 15.7 Å². The third-order valence-electron chi connectivity index (χ3n) is 3.15. The summed E-state index contributed by atoms with van der Waals surface area (Å²) in [5.74, 6) is 0.950. The van der Waals surface area contributed by atoms with Gasteiger partial charge in [-0.3, -0.25) is 0 Å². The minimum atomic E-state index is 0.325. The van der Waals surface area contributed by atoms with Gasteiger partial charge < -0.3 is 14.5 Å². The second-order valence-corrected chi connectivity index (χ2v) is 4.60. The molecule has 0 aromatic heterocycles. The van der Waals surface area contributed by atoms with Crippen LogP contribution in [0.1, 0.15) is 0 Å². The molecule has 0 atom stereocenters. The first-order chi connectivity index (χ1) is 8.13. The Morgan fingerprint density at radius 1 is 1.47 bits per heavy atom. The van der Waals surface area contributed by atoms with E-state index in [0.717, 1.165) is 29.6 Å². The van der Waals surface area contributed by atoms with E-state index in [1.807, 2.05) is 36.2 Å². The van der Waals surface area contributed by atoms with Crippen molar-refractivity contribution in [2.24, 2.45) is 0 Å². The summed E-state index contributed by atoms with van der Waals surface area (Å²) in [6.45, 7) is 5.89. The quantitative estimate of drug-likeness (QED) is 0.819. The zero-order valence-corrected chi connectivity index (χ0v) is 10.9. The van der Waals surface area contributed by atoms with Gasteiger partial charge in [0.15, 0.2) is 0 Å². The van der Waals surface area contributed by atoms with Crippen molar-refractivity contribution >= 4 is 17.3 Å². The molecule has 1 aliphatic heterocycles. The van der Waals surface area contributed by atoms with E-state index in [4.69, 9.17) is 16.3 Å². The van der Waals surface area contributed by atoms with Gasteiger partial charge in [-0.05, 0) is 12.1 Å². The van der Waals surface area contributed by atoms with Crippen LogP contribution in [0, 0.1) is 0 Å². The van der Waals surface area contributed by atoms with Crippen molar-refractivity contribution in [1.29, 1.82) is 0 Å². The molecular formula is C13H17ClN2O. The SMILES string of the molecule is C=C(N1CC(OC)C1)N(C)c1ccccc1Cl. The first kappa shape index (κ1) is 12.3. The number of rotatable bonds is 4. The smallest absolute Gasteiger partial charge is 0.101 e. The van der Waals surface area contributed by atoms with Crippen molar-refractivity contribution in [1.82, 2.24) is 4.90 Å². The molecule has 1 fully saturated rings. The van der Waals surface area contributed by atoms with Gasteiger partial charge in [-0.25, -0.2) is 0 Å². The molecule has 2 rings (SSSR count). The summed E-state index contributed by atoms with van der Waals surface area (Å²) in [5.41, 5.74) is 0.972. The highest BCUT2D eigenvalue weighted by atomic mass is 35.5. The number of halogens is 1. The Morgan fingerprint density at radius 2 is 2.12 bits per heavy atom. The Morgan fingerprint density at radius 3 is 2.71 bits per heavy atom. The Balaban J connectivity index is 2.04. The van der Waals surface area contributed by atoms with Crippen LogP contribution in [-0.2, 0) is 4.74 Å². The third-order valence-corrected chi connectivity index (χ3v) is 3.47. The molecule has 0 unspecified atom stereocenters. The molecule has 17 heavy (non-hydrogen) atoms. The minimum absolute atomic E-state index is 0.325. The fraction of sp³-hybridized carbons (Fsp3) is 0.385. The number of benzene rings is 1. The number of hydrogen-bond donors (Lipinski definition) is 0. The van der Waals surface area contributed by atoms with Crippen LogP contribution in [0.4, 0.5) is 5.69 Å². The number of para-hydroxylation sites is 1. The largest absolute Gasteiger partial charge is 0.378 e. The summed E-state index contributed by atoms with van der Waals surface area (Å²) >= 11 is 6.16. The van der Waals surface area contributed by atoms with Crippen molar-refractivity contribution in [3.63, 3.8) is 0 Å². The highest BCUT2D eigenvalue weighted by Crippen LogP contribution is 2.29. The molecule has 1 aromatic rings. The first-order valence-electron chi connectivity index (χ1n) is 5.58. The van der Waals surface area contributed by atoms with Crippen LogP contribution in [0.15, 0.2) is 36.7 Å². The fourth-order valence-electron chi connectivity index (χ4n) is 1.87.